The molecule has 0 spiro atoms. The molecule has 0 unspecified atom stereocenters. The summed E-state index contributed by atoms with van der Waals surface area (Å²) in [6.45, 7) is 4.36. The minimum absolute atomic E-state index is 0.0357. The van der Waals surface area contributed by atoms with Crippen molar-refractivity contribution in [2.75, 3.05) is 55.4 Å². The van der Waals surface area contributed by atoms with Crippen LogP contribution in [-0.2, 0) is 23.9 Å². The number of esters is 1. The second-order valence-electron chi connectivity index (χ2n) is 7.45. The van der Waals surface area contributed by atoms with Gasteiger partial charge in [-0.1, -0.05) is 23.7 Å². The van der Waals surface area contributed by atoms with Gasteiger partial charge in [0, 0.05) is 24.3 Å². The molecule has 1 saturated heterocycles. The van der Waals surface area contributed by atoms with Crippen molar-refractivity contribution in [1.29, 1.82) is 0 Å². The number of hydrazine groups is 1. The van der Waals surface area contributed by atoms with Crippen molar-refractivity contribution in [1.82, 2.24) is 9.99 Å². The molecular formula is C22H27ClN6O5. The molecular weight excluding hydrogens is 464 g/mol. The Labute approximate surface area is 201 Å². The second kappa shape index (κ2) is 11.6. The van der Waals surface area contributed by atoms with Crippen LogP contribution in [0.15, 0.2) is 30.3 Å². The molecule has 1 aliphatic heterocycles. The Balaban J connectivity index is 1.64. The van der Waals surface area contributed by atoms with Gasteiger partial charge in [-0.15, -0.1) is 0 Å². The number of hydrogen-bond acceptors (Lipinski definition) is 9. The number of hydrogen-bond donors (Lipinski definition) is 3. The molecule has 1 aliphatic rings. The molecule has 0 saturated carbocycles. The number of nitrogens with one attached hydrogen (secondary N) is 1. The number of carbonyl (C=O) groups is 3. The monoisotopic (exact) mass is 490 g/mol. The first-order valence-corrected chi connectivity index (χ1v) is 11.1. The summed E-state index contributed by atoms with van der Waals surface area (Å²) in [6, 6.07) is 9.22. The van der Waals surface area contributed by atoms with E-state index >= 15 is 0 Å². The van der Waals surface area contributed by atoms with Crippen molar-refractivity contribution in [3.05, 3.63) is 35.4 Å². The molecule has 1 aromatic carbocycles. The third-order valence-electron chi connectivity index (χ3n) is 5.03. The van der Waals surface area contributed by atoms with Crippen LogP contribution in [0.3, 0.4) is 0 Å². The van der Waals surface area contributed by atoms with Crippen LogP contribution in [0.5, 0.6) is 0 Å². The average molecular weight is 491 g/mol. The lowest BCUT2D eigenvalue weighted by Gasteiger charge is -2.28. The lowest BCUT2D eigenvalue weighted by atomic mass is 10.1. The number of carbonyl (C=O) groups excluding carboxylic acids is 3. The maximum atomic E-state index is 12.3. The standard InChI is InChI=1S/C22H27ClN6O5/c1-2-34-20(32)13-29(25)19(31)12-18(30)26-17-11-16(23)21(27-22(17)24)14-3-5-15(6-4-14)28-7-9-33-10-8-28/h3-6,11H,2,7-10,12-13,25H2,1H3,(H2,24,27)(H,26,30). The van der Waals surface area contributed by atoms with Crippen molar-refractivity contribution in [2.24, 2.45) is 5.84 Å². The van der Waals surface area contributed by atoms with Crippen LogP contribution >= 0.6 is 11.6 Å². The molecule has 2 aromatic rings. The van der Waals surface area contributed by atoms with E-state index in [0.717, 1.165) is 24.3 Å². The molecule has 0 aliphatic carbocycles. The molecule has 11 nitrogen and oxygen atoms in total. The lowest BCUT2D eigenvalue weighted by Crippen LogP contribution is -2.43. The lowest BCUT2D eigenvalue weighted by molar-refractivity contribution is -0.149. The van der Waals surface area contributed by atoms with Crippen molar-refractivity contribution < 1.29 is 23.9 Å². The predicted octanol–water partition coefficient (Wildman–Crippen LogP) is 1.41. The summed E-state index contributed by atoms with van der Waals surface area (Å²) >= 11 is 6.41. The smallest absolute Gasteiger partial charge is 0.327 e. The third kappa shape index (κ3) is 6.56. The Hall–Kier alpha value is -3.41. The van der Waals surface area contributed by atoms with Crippen molar-refractivity contribution in [3.63, 3.8) is 0 Å². The van der Waals surface area contributed by atoms with Gasteiger partial charge in [0.05, 0.1) is 36.2 Å². The van der Waals surface area contributed by atoms with E-state index < -0.39 is 30.7 Å². The number of amides is 2. The van der Waals surface area contributed by atoms with E-state index in [4.69, 9.17) is 32.7 Å². The number of nitrogens with two attached hydrogens (primary N) is 2. The van der Waals surface area contributed by atoms with Gasteiger partial charge >= 0.3 is 5.97 Å². The van der Waals surface area contributed by atoms with Gasteiger partial charge in [0.1, 0.15) is 18.8 Å². The number of halogens is 1. The minimum atomic E-state index is -0.764. The fraction of sp³-hybridized carbons (Fsp3) is 0.364. The van der Waals surface area contributed by atoms with E-state index in [1.165, 1.54) is 6.07 Å². The van der Waals surface area contributed by atoms with Crippen LogP contribution in [0, 0.1) is 0 Å². The largest absolute Gasteiger partial charge is 0.465 e. The molecule has 5 N–H and O–H groups in total. The number of benzene rings is 1. The zero-order valence-electron chi connectivity index (χ0n) is 18.8. The minimum Gasteiger partial charge on any atom is -0.465 e. The number of nitrogens with zero attached hydrogens (tertiary/aromatic N) is 3. The number of anilines is 3. The van der Waals surface area contributed by atoms with Crippen LogP contribution in [0.2, 0.25) is 5.02 Å². The highest BCUT2D eigenvalue weighted by atomic mass is 35.5. The molecule has 0 bridgehead atoms. The van der Waals surface area contributed by atoms with Gasteiger partial charge in [-0.2, -0.15) is 0 Å². The summed E-state index contributed by atoms with van der Waals surface area (Å²) in [6.07, 6.45) is -0.599. The van der Waals surface area contributed by atoms with Crippen molar-refractivity contribution >= 4 is 46.6 Å². The predicted molar refractivity (Wildman–Crippen MR) is 128 cm³/mol. The fourth-order valence-corrected chi connectivity index (χ4v) is 3.58. The highest BCUT2D eigenvalue weighted by Crippen LogP contribution is 2.32. The maximum Gasteiger partial charge on any atom is 0.327 e. The number of ether oxygens (including phenoxy) is 2. The molecule has 0 atom stereocenters. The van der Waals surface area contributed by atoms with Gasteiger partial charge in [0.25, 0.3) is 0 Å². The summed E-state index contributed by atoms with van der Waals surface area (Å²) in [5.41, 5.74) is 8.48. The second-order valence-corrected chi connectivity index (χ2v) is 7.86. The summed E-state index contributed by atoms with van der Waals surface area (Å²) in [4.78, 5) is 42.3. The van der Waals surface area contributed by atoms with Crippen molar-refractivity contribution in [3.8, 4) is 11.3 Å². The van der Waals surface area contributed by atoms with Gasteiger partial charge in [-0.05, 0) is 25.1 Å². The third-order valence-corrected chi connectivity index (χ3v) is 5.32. The molecule has 0 radical (unpaired) electrons. The molecule has 3 rings (SSSR count). The Bertz CT molecular complexity index is 1040. The summed E-state index contributed by atoms with van der Waals surface area (Å²) in [5, 5.41) is 3.39. The number of rotatable bonds is 8. The van der Waals surface area contributed by atoms with Crippen LogP contribution in [0.4, 0.5) is 17.2 Å². The molecule has 34 heavy (non-hydrogen) atoms. The number of aromatic nitrogens is 1. The number of nitrogen functional groups attached to an aromatic ring is 1. The van der Waals surface area contributed by atoms with Crippen LogP contribution < -0.4 is 21.8 Å². The summed E-state index contributed by atoms with van der Waals surface area (Å²) < 4.78 is 10.1. The number of morpholine rings is 1. The topological polar surface area (TPSA) is 153 Å². The highest BCUT2D eigenvalue weighted by molar-refractivity contribution is 6.33. The maximum absolute atomic E-state index is 12.3. The first kappa shape index (κ1) is 25.2. The van der Waals surface area contributed by atoms with Crippen LogP contribution in [0.25, 0.3) is 11.3 Å². The first-order chi connectivity index (χ1) is 16.3. The first-order valence-electron chi connectivity index (χ1n) is 10.7. The molecule has 182 valence electrons. The van der Waals surface area contributed by atoms with Gasteiger partial charge in [-0.3, -0.25) is 19.4 Å². The zero-order valence-corrected chi connectivity index (χ0v) is 19.5. The Morgan fingerprint density at radius 1 is 1.24 bits per heavy atom. The molecule has 2 heterocycles. The highest BCUT2D eigenvalue weighted by Gasteiger charge is 2.20. The van der Waals surface area contributed by atoms with E-state index in [0.29, 0.717) is 23.9 Å². The summed E-state index contributed by atoms with van der Waals surface area (Å²) in [5.74, 6) is 3.44. The normalized spacial score (nSPS) is 13.3. The Morgan fingerprint density at radius 2 is 1.91 bits per heavy atom. The molecule has 1 aromatic heterocycles. The van der Waals surface area contributed by atoms with E-state index in [1.807, 2.05) is 24.3 Å². The Morgan fingerprint density at radius 3 is 2.56 bits per heavy atom. The van der Waals surface area contributed by atoms with E-state index in [1.54, 1.807) is 6.92 Å². The van der Waals surface area contributed by atoms with E-state index in [-0.39, 0.29) is 23.1 Å². The van der Waals surface area contributed by atoms with Gasteiger partial charge in [0.15, 0.2) is 0 Å². The van der Waals surface area contributed by atoms with Gasteiger partial charge in [0.2, 0.25) is 11.8 Å². The van der Waals surface area contributed by atoms with E-state index in [2.05, 4.69) is 15.2 Å². The molecule has 2 amide bonds. The van der Waals surface area contributed by atoms with Crippen LogP contribution in [-0.4, -0.2) is 67.2 Å². The molecule has 1 fully saturated rings. The van der Waals surface area contributed by atoms with Gasteiger partial charge in [-0.25, -0.2) is 10.8 Å². The average Bonchev–Trinajstić information content (AvgIpc) is 2.82. The van der Waals surface area contributed by atoms with Crippen LogP contribution in [0.1, 0.15) is 13.3 Å². The zero-order chi connectivity index (χ0) is 24.7. The number of pyridine rings is 1. The van der Waals surface area contributed by atoms with E-state index in [9.17, 15) is 14.4 Å². The van der Waals surface area contributed by atoms with Crippen molar-refractivity contribution in [2.45, 2.75) is 13.3 Å². The molecule has 12 heteroatoms. The SMILES string of the molecule is CCOC(=O)CN(N)C(=O)CC(=O)Nc1cc(Cl)c(-c2ccc(N3CCOCC3)cc2)nc1N. The Kier molecular flexibility index (Phi) is 8.63. The summed E-state index contributed by atoms with van der Waals surface area (Å²) in [7, 11) is 0. The van der Waals surface area contributed by atoms with Gasteiger partial charge < -0.3 is 25.4 Å². The fourth-order valence-electron chi connectivity index (χ4n) is 3.32. The quantitative estimate of drug-likeness (QED) is 0.164.